The summed E-state index contributed by atoms with van der Waals surface area (Å²) in [6.45, 7) is 0. The lowest BCUT2D eigenvalue weighted by molar-refractivity contribution is -0.401. The molecule has 1 aromatic heterocycles. The summed E-state index contributed by atoms with van der Waals surface area (Å²) in [4.78, 5) is 19.7. The zero-order valence-corrected chi connectivity index (χ0v) is 8.40. The van der Waals surface area contributed by atoms with Crippen molar-refractivity contribution < 1.29 is 14.3 Å². The van der Waals surface area contributed by atoms with Crippen molar-refractivity contribution in [1.29, 1.82) is 0 Å². The first kappa shape index (κ1) is 10.8. The minimum absolute atomic E-state index is 0.0465. The summed E-state index contributed by atoms with van der Waals surface area (Å²) in [5.74, 6) is -0.0649. The zero-order chi connectivity index (χ0) is 12.4. The van der Waals surface area contributed by atoms with Gasteiger partial charge in [0.25, 0.3) is 5.69 Å². The molecule has 1 heterocycles. The normalized spacial score (nSPS) is 10.1. The van der Waals surface area contributed by atoms with Gasteiger partial charge in [-0.15, -0.1) is 0 Å². The van der Waals surface area contributed by atoms with Crippen LogP contribution in [0.15, 0.2) is 40.8 Å². The molecule has 0 amide bonds. The van der Waals surface area contributed by atoms with Crippen molar-refractivity contribution in [1.82, 2.24) is 0 Å². The zero-order valence-electron chi connectivity index (χ0n) is 8.40. The molecule has 17 heavy (non-hydrogen) atoms. The third kappa shape index (κ3) is 2.12. The first-order valence-electron chi connectivity index (χ1n) is 4.57. The molecule has 0 radical (unpaired) electrons. The van der Waals surface area contributed by atoms with Crippen molar-refractivity contribution in [2.24, 2.45) is 0 Å². The highest BCUT2D eigenvalue weighted by Gasteiger charge is 2.13. The van der Waals surface area contributed by atoms with Gasteiger partial charge in [-0.3, -0.25) is 20.2 Å². The number of rotatable bonds is 3. The highest BCUT2D eigenvalue weighted by Crippen LogP contribution is 2.27. The second kappa shape index (κ2) is 4.05. The van der Waals surface area contributed by atoms with Crippen LogP contribution in [0.5, 0.6) is 0 Å². The van der Waals surface area contributed by atoms with E-state index in [1.807, 2.05) is 0 Å². The molecule has 0 bridgehead atoms. The molecule has 86 valence electrons. The smallest absolute Gasteiger partial charge is 0.401 e. The molecule has 0 spiro atoms. The molecule has 0 unspecified atom stereocenters. The predicted molar refractivity (Wildman–Crippen MR) is 57.5 cm³/mol. The summed E-state index contributed by atoms with van der Waals surface area (Å²) in [6, 6.07) is 8.24. The van der Waals surface area contributed by atoms with E-state index in [9.17, 15) is 20.2 Å². The average molecular weight is 234 g/mol. The Morgan fingerprint density at radius 2 is 1.53 bits per heavy atom. The second-order valence-electron chi connectivity index (χ2n) is 3.20. The number of benzene rings is 1. The van der Waals surface area contributed by atoms with Gasteiger partial charge in [0.1, 0.15) is 10.7 Å². The van der Waals surface area contributed by atoms with Gasteiger partial charge in [0.05, 0.1) is 11.0 Å². The number of nitro groups is 2. The molecule has 0 aliphatic heterocycles. The van der Waals surface area contributed by atoms with Crippen LogP contribution in [0, 0.1) is 20.2 Å². The van der Waals surface area contributed by atoms with Gasteiger partial charge in [0.2, 0.25) is 0 Å². The van der Waals surface area contributed by atoms with Crippen LogP contribution in [0.25, 0.3) is 11.3 Å². The van der Waals surface area contributed by atoms with Crippen LogP contribution < -0.4 is 0 Å². The van der Waals surface area contributed by atoms with Crippen LogP contribution in [0.1, 0.15) is 0 Å². The highest BCUT2D eigenvalue weighted by molar-refractivity contribution is 5.60. The fourth-order valence-electron chi connectivity index (χ4n) is 1.33. The van der Waals surface area contributed by atoms with E-state index in [2.05, 4.69) is 0 Å². The molecule has 0 aliphatic carbocycles. The summed E-state index contributed by atoms with van der Waals surface area (Å²) in [5, 5.41) is 20.8. The van der Waals surface area contributed by atoms with Crippen molar-refractivity contribution in [3.8, 4) is 11.3 Å². The Hall–Kier alpha value is -2.70. The molecule has 1 aromatic carbocycles. The maximum absolute atomic E-state index is 10.4. The average Bonchev–Trinajstić information content (AvgIpc) is 2.78. The molecule has 2 aromatic rings. The molecule has 7 heteroatoms. The first-order chi connectivity index (χ1) is 8.08. The third-order valence-electron chi connectivity index (χ3n) is 2.13. The quantitative estimate of drug-likeness (QED) is 0.600. The van der Waals surface area contributed by atoms with E-state index in [1.54, 1.807) is 0 Å². The molecule has 0 saturated carbocycles. The van der Waals surface area contributed by atoms with Crippen molar-refractivity contribution in [2.75, 3.05) is 0 Å². The van der Waals surface area contributed by atoms with E-state index in [1.165, 1.54) is 36.4 Å². The number of nitrogens with zero attached hydrogens (tertiary/aromatic N) is 2. The molecule has 0 saturated heterocycles. The van der Waals surface area contributed by atoms with Crippen molar-refractivity contribution >= 4 is 11.6 Å². The minimum Gasteiger partial charge on any atom is -0.401 e. The van der Waals surface area contributed by atoms with E-state index >= 15 is 0 Å². The lowest BCUT2D eigenvalue weighted by Gasteiger charge is -1.95. The van der Waals surface area contributed by atoms with Crippen LogP contribution in [-0.2, 0) is 0 Å². The predicted octanol–water partition coefficient (Wildman–Crippen LogP) is 2.76. The summed E-state index contributed by atoms with van der Waals surface area (Å²) >= 11 is 0. The van der Waals surface area contributed by atoms with Gasteiger partial charge in [-0.2, -0.15) is 0 Å². The van der Waals surface area contributed by atoms with Gasteiger partial charge in [-0.25, -0.2) is 0 Å². The number of hydrogen-bond acceptors (Lipinski definition) is 5. The van der Waals surface area contributed by atoms with Crippen LogP contribution in [0.2, 0.25) is 0 Å². The van der Waals surface area contributed by atoms with E-state index in [0.717, 1.165) is 0 Å². The van der Waals surface area contributed by atoms with E-state index in [0.29, 0.717) is 11.3 Å². The summed E-state index contributed by atoms with van der Waals surface area (Å²) in [6.07, 6.45) is 0. The summed E-state index contributed by atoms with van der Waals surface area (Å²) < 4.78 is 4.96. The first-order valence-corrected chi connectivity index (χ1v) is 4.57. The largest absolute Gasteiger partial charge is 0.433 e. The van der Waals surface area contributed by atoms with E-state index in [-0.39, 0.29) is 11.6 Å². The van der Waals surface area contributed by atoms with Crippen LogP contribution in [0.3, 0.4) is 0 Å². The molecular formula is C10H6N2O5. The maximum Gasteiger partial charge on any atom is 0.433 e. The van der Waals surface area contributed by atoms with Crippen molar-refractivity contribution in [3.05, 3.63) is 56.6 Å². The number of hydrogen-bond donors (Lipinski definition) is 0. The van der Waals surface area contributed by atoms with Crippen molar-refractivity contribution in [3.63, 3.8) is 0 Å². The second-order valence-corrected chi connectivity index (χ2v) is 3.20. The Morgan fingerprint density at radius 1 is 0.882 bits per heavy atom. The van der Waals surface area contributed by atoms with Gasteiger partial charge in [0.15, 0.2) is 0 Å². The summed E-state index contributed by atoms with van der Waals surface area (Å²) in [7, 11) is 0. The van der Waals surface area contributed by atoms with Gasteiger partial charge in [-0.05, 0) is 18.2 Å². The topological polar surface area (TPSA) is 99.4 Å². The number of non-ortho nitro benzene ring substituents is 1. The Kier molecular flexibility index (Phi) is 2.57. The monoisotopic (exact) mass is 234 g/mol. The standard InChI is InChI=1S/C10H6N2O5/c13-11(14)8-3-1-7(2-4-8)9-5-6-10(17-9)12(15)16/h1-6H. The fraction of sp³-hybridized carbons (Fsp3) is 0. The molecule has 0 atom stereocenters. The number of furan rings is 1. The Morgan fingerprint density at radius 3 is 2.00 bits per heavy atom. The van der Waals surface area contributed by atoms with Crippen LogP contribution in [-0.4, -0.2) is 9.85 Å². The Balaban J connectivity index is 2.33. The highest BCUT2D eigenvalue weighted by atomic mass is 16.6. The SMILES string of the molecule is O=[N+]([O-])c1ccc(-c2ccc([N+](=O)[O-])o2)cc1. The lowest BCUT2D eigenvalue weighted by Crippen LogP contribution is -1.86. The third-order valence-corrected chi connectivity index (χ3v) is 2.13. The molecule has 0 fully saturated rings. The molecule has 7 nitrogen and oxygen atoms in total. The van der Waals surface area contributed by atoms with Crippen molar-refractivity contribution in [2.45, 2.75) is 0 Å². The van der Waals surface area contributed by atoms with E-state index < -0.39 is 9.85 Å². The Bertz CT molecular complexity index is 573. The lowest BCUT2D eigenvalue weighted by atomic mass is 10.1. The maximum atomic E-state index is 10.4. The van der Waals surface area contributed by atoms with Gasteiger partial charge < -0.3 is 4.42 Å². The summed E-state index contributed by atoms with van der Waals surface area (Å²) in [5.41, 5.74) is 0.499. The van der Waals surface area contributed by atoms with E-state index in [4.69, 9.17) is 4.42 Å². The molecular weight excluding hydrogens is 228 g/mol. The van der Waals surface area contributed by atoms with Crippen LogP contribution in [0.4, 0.5) is 11.6 Å². The fourth-order valence-corrected chi connectivity index (χ4v) is 1.33. The van der Waals surface area contributed by atoms with Gasteiger partial charge >= 0.3 is 5.88 Å². The van der Waals surface area contributed by atoms with Gasteiger partial charge in [0, 0.05) is 17.7 Å². The molecule has 0 N–H and O–H groups in total. The molecule has 2 rings (SSSR count). The molecule has 0 aliphatic rings. The minimum atomic E-state index is -0.644. The Labute approximate surface area is 94.6 Å². The van der Waals surface area contributed by atoms with Gasteiger partial charge in [-0.1, -0.05) is 0 Å². The van der Waals surface area contributed by atoms with Crippen LogP contribution >= 0.6 is 0 Å². The number of nitro benzene ring substituents is 1.